The minimum atomic E-state index is 0.00116. The Morgan fingerprint density at radius 2 is 2.24 bits per heavy atom. The average Bonchev–Trinajstić information content (AvgIpc) is 3.11. The number of nitrogens with zero attached hydrogens (tertiary/aromatic N) is 2. The van der Waals surface area contributed by atoms with Crippen LogP contribution in [0, 0.1) is 5.41 Å². The first-order chi connectivity index (χ1) is 8.21. The highest BCUT2D eigenvalue weighted by Crippen LogP contribution is 2.48. The second-order valence-electron chi connectivity index (χ2n) is 4.98. The van der Waals surface area contributed by atoms with Crippen LogP contribution >= 0.6 is 0 Å². The third-order valence-electron chi connectivity index (χ3n) is 3.72. The summed E-state index contributed by atoms with van der Waals surface area (Å²) in [6.45, 7) is 5.91. The van der Waals surface area contributed by atoms with Crippen molar-refractivity contribution in [3.8, 4) is 0 Å². The summed E-state index contributed by atoms with van der Waals surface area (Å²) >= 11 is 0. The van der Waals surface area contributed by atoms with Crippen LogP contribution in [0.4, 0.5) is 5.82 Å². The molecule has 1 saturated carbocycles. The van der Waals surface area contributed by atoms with Crippen LogP contribution in [-0.4, -0.2) is 16.1 Å². The van der Waals surface area contributed by atoms with Gasteiger partial charge >= 0.3 is 0 Å². The van der Waals surface area contributed by atoms with Crippen LogP contribution in [0.5, 0.6) is 0 Å². The Bertz CT molecular complexity index is 435. The summed E-state index contributed by atoms with van der Waals surface area (Å²) < 4.78 is 1.72. The zero-order chi connectivity index (χ0) is 12.3. The Morgan fingerprint density at radius 3 is 2.82 bits per heavy atom. The second kappa shape index (κ2) is 4.90. The standard InChI is InChI=1S/C13H21N3O/c1-3-8-16-9-7-14-11(12(16)17)15-10-13(4-2)5-6-13/h7,9H,3-6,8,10H2,1-2H3,(H,14,15). The summed E-state index contributed by atoms with van der Waals surface area (Å²) in [5.74, 6) is 0.501. The van der Waals surface area contributed by atoms with Gasteiger partial charge in [-0.25, -0.2) is 4.98 Å². The summed E-state index contributed by atoms with van der Waals surface area (Å²) in [5, 5.41) is 3.22. The summed E-state index contributed by atoms with van der Waals surface area (Å²) in [5.41, 5.74) is 0.431. The van der Waals surface area contributed by atoms with Crippen molar-refractivity contribution in [2.75, 3.05) is 11.9 Å². The fourth-order valence-electron chi connectivity index (χ4n) is 2.09. The maximum Gasteiger partial charge on any atom is 0.293 e. The zero-order valence-corrected chi connectivity index (χ0v) is 10.7. The van der Waals surface area contributed by atoms with Gasteiger partial charge in [-0.05, 0) is 31.1 Å². The molecule has 1 aromatic heterocycles. The monoisotopic (exact) mass is 235 g/mol. The minimum absolute atomic E-state index is 0.00116. The van der Waals surface area contributed by atoms with E-state index in [2.05, 4.69) is 24.1 Å². The molecule has 1 N–H and O–H groups in total. The van der Waals surface area contributed by atoms with Crippen LogP contribution in [0.15, 0.2) is 17.2 Å². The van der Waals surface area contributed by atoms with Gasteiger partial charge in [0.2, 0.25) is 0 Å². The summed E-state index contributed by atoms with van der Waals surface area (Å²) in [7, 11) is 0. The van der Waals surface area contributed by atoms with Gasteiger partial charge in [0.15, 0.2) is 5.82 Å². The van der Waals surface area contributed by atoms with Crippen molar-refractivity contribution >= 4 is 5.82 Å². The van der Waals surface area contributed by atoms with Crippen LogP contribution in [0.2, 0.25) is 0 Å². The molecule has 1 aliphatic rings. The lowest BCUT2D eigenvalue weighted by molar-refractivity contribution is 0.519. The SMILES string of the molecule is CCCn1ccnc(NCC2(CC)CC2)c1=O. The molecule has 0 spiro atoms. The molecule has 17 heavy (non-hydrogen) atoms. The van der Waals surface area contributed by atoms with E-state index >= 15 is 0 Å². The molecule has 4 heteroatoms. The van der Waals surface area contributed by atoms with Crippen LogP contribution in [0.3, 0.4) is 0 Å². The number of aromatic nitrogens is 2. The molecule has 1 fully saturated rings. The average molecular weight is 235 g/mol. The van der Waals surface area contributed by atoms with E-state index in [1.54, 1.807) is 17.0 Å². The van der Waals surface area contributed by atoms with Crippen molar-refractivity contribution in [2.45, 2.75) is 46.1 Å². The normalized spacial score (nSPS) is 16.8. The highest BCUT2D eigenvalue weighted by molar-refractivity contribution is 5.31. The van der Waals surface area contributed by atoms with Crippen molar-refractivity contribution in [3.63, 3.8) is 0 Å². The number of rotatable bonds is 6. The maximum atomic E-state index is 12.0. The van der Waals surface area contributed by atoms with Crippen molar-refractivity contribution in [3.05, 3.63) is 22.7 Å². The maximum absolute atomic E-state index is 12.0. The van der Waals surface area contributed by atoms with E-state index < -0.39 is 0 Å². The van der Waals surface area contributed by atoms with Crippen molar-refractivity contribution < 1.29 is 0 Å². The number of anilines is 1. The number of nitrogens with one attached hydrogen (secondary N) is 1. The largest absolute Gasteiger partial charge is 0.365 e. The Hall–Kier alpha value is -1.32. The van der Waals surface area contributed by atoms with E-state index in [0.29, 0.717) is 11.2 Å². The van der Waals surface area contributed by atoms with Crippen molar-refractivity contribution in [2.24, 2.45) is 5.41 Å². The highest BCUT2D eigenvalue weighted by atomic mass is 16.1. The van der Waals surface area contributed by atoms with Crippen LogP contribution < -0.4 is 10.9 Å². The second-order valence-corrected chi connectivity index (χ2v) is 4.98. The zero-order valence-electron chi connectivity index (χ0n) is 10.7. The van der Waals surface area contributed by atoms with E-state index in [0.717, 1.165) is 19.5 Å². The van der Waals surface area contributed by atoms with Crippen LogP contribution in [-0.2, 0) is 6.54 Å². The van der Waals surface area contributed by atoms with E-state index in [4.69, 9.17) is 0 Å². The number of aryl methyl sites for hydroxylation is 1. The Balaban J connectivity index is 2.05. The van der Waals surface area contributed by atoms with Gasteiger partial charge < -0.3 is 9.88 Å². The topological polar surface area (TPSA) is 46.9 Å². The predicted octanol–water partition coefficient (Wildman–Crippen LogP) is 2.26. The molecule has 1 aromatic rings. The lowest BCUT2D eigenvalue weighted by atomic mass is 10.0. The molecule has 0 bridgehead atoms. The van der Waals surface area contributed by atoms with Gasteiger partial charge in [-0.15, -0.1) is 0 Å². The minimum Gasteiger partial charge on any atom is -0.365 e. The molecule has 0 aliphatic heterocycles. The fraction of sp³-hybridized carbons (Fsp3) is 0.692. The predicted molar refractivity (Wildman–Crippen MR) is 69.2 cm³/mol. The Labute approximate surface area is 102 Å². The van der Waals surface area contributed by atoms with Gasteiger partial charge in [-0.1, -0.05) is 13.8 Å². The summed E-state index contributed by atoms with van der Waals surface area (Å²) in [6, 6.07) is 0. The molecular formula is C13H21N3O. The Kier molecular flexibility index (Phi) is 3.50. The summed E-state index contributed by atoms with van der Waals surface area (Å²) in [6.07, 6.45) is 8.13. The first-order valence-corrected chi connectivity index (χ1v) is 6.50. The van der Waals surface area contributed by atoms with E-state index in [-0.39, 0.29) is 5.56 Å². The van der Waals surface area contributed by atoms with Crippen molar-refractivity contribution in [1.29, 1.82) is 0 Å². The highest BCUT2D eigenvalue weighted by Gasteiger charge is 2.40. The van der Waals surface area contributed by atoms with Crippen LogP contribution in [0.25, 0.3) is 0 Å². The molecule has 0 unspecified atom stereocenters. The van der Waals surface area contributed by atoms with E-state index in [9.17, 15) is 4.79 Å². The Morgan fingerprint density at radius 1 is 1.47 bits per heavy atom. The number of hydrogen-bond donors (Lipinski definition) is 1. The van der Waals surface area contributed by atoms with E-state index in [1.807, 2.05) is 0 Å². The molecule has 0 radical (unpaired) electrons. The molecule has 94 valence electrons. The quantitative estimate of drug-likeness (QED) is 0.822. The fourth-order valence-corrected chi connectivity index (χ4v) is 2.09. The first-order valence-electron chi connectivity index (χ1n) is 6.50. The lowest BCUT2D eigenvalue weighted by Crippen LogP contribution is -2.26. The molecular weight excluding hydrogens is 214 g/mol. The summed E-state index contributed by atoms with van der Waals surface area (Å²) in [4.78, 5) is 16.2. The van der Waals surface area contributed by atoms with Gasteiger partial charge in [0.1, 0.15) is 0 Å². The molecule has 0 amide bonds. The first kappa shape index (κ1) is 12.1. The van der Waals surface area contributed by atoms with Crippen molar-refractivity contribution in [1.82, 2.24) is 9.55 Å². The van der Waals surface area contributed by atoms with Gasteiger partial charge in [0, 0.05) is 25.5 Å². The molecule has 0 aromatic carbocycles. The van der Waals surface area contributed by atoms with E-state index in [1.165, 1.54) is 19.3 Å². The molecule has 2 rings (SSSR count). The van der Waals surface area contributed by atoms with Gasteiger partial charge in [0.25, 0.3) is 5.56 Å². The third kappa shape index (κ3) is 2.68. The smallest absolute Gasteiger partial charge is 0.293 e. The van der Waals surface area contributed by atoms with Crippen LogP contribution in [0.1, 0.15) is 39.5 Å². The third-order valence-corrected chi connectivity index (χ3v) is 3.72. The molecule has 1 heterocycles. The van der Waals surface area contributed by atoms with Gasteiger partial charge in [-0.2, -0.15) is 0 Å². The molecule has 4 nitrogen and oxygen atoms in total. The lowest BCUT2D eigenvalue weighted by Gasteiger charge is -2.14. The molecule has 0 atom stereocenters. The molecule has 0 saturated heterocycles. The van der Waals surface area contributed by atoms with Gasteiger partial charge in [0.05, 0.1) is 0 Å². The van der Waals surface area contributed by atoms with Gasteiger partial charge in [-0.3, -0.25) is 4.79 Å². The molecule has 1 aliphatic carbocycles. The number of hydrogen-bond acceptors (Lipinski definition) is 3.